The summed E-state index contributed by atoms with van der Waals surface area (Å²) in [6, 6.07) is 5.22. The fourth-order valence-electron chi connectivity index (χ4n) is 1.75. The van der Waals surface area contributed by atoms with E-state index in [2.05, 4.69) is 10.2 Å². The molecule has 0 atom stereocenters. The molecule has 0 spiro atoms. The molecule has 0 unspecified atom stereocenters. The Morgan fingerprint density at radius 1 is 1.32 bits per heavy atom. The molecule has 0 radical (unpaired) electrons. The van der Waals surface area contributed by atoms with Gasteiger partial charge in [0.25, 0.3) is 0 Å². The maximum atomic E-state index is 6.09. The number of anilines is 1. The van der Waals surface area contributed by atoms with Crippen molar-refractivity contribution in [2.45, 2.75) is 20.0 Å². The lowest BCUT2D eigenvalue weighted by molar-refractivity contribution is 0.231. The fourth-order valence-corrected chi connectivity index (χ4v) is 1.96. The maximum absolute atomic E-state index is 6.09. The van der Waals surface area contributed by atoms with Gasteiger partial charge in [-0.05, 0) is 19.9 Å². The molecule has 102 valence electrons. The van der Waals surface area contributed by atoms with E-state index in [0.29, 0.717) is 22.3 Å². The second kappa shape index (κ2) is 5.40. The van der Waals surface area contributed by atoms with E-state index in [1.54, 1.807) is 25.3 Å². The number of aromatic nitrogens is 2. The number of nitrogens with one attached hydrogen (secondary N) is 1. The van der Waals surface area contributed by atoms with Gasteiger partial charge in [0.05, 0.1) is 18.9 Å². The van der Waals surface area contributed by atoms with Gasteiger partial charge in [-0.3, -0.25) is 5.10 Å². The molecule has 6 heteroatoms. The molecule has 0 saturated heterocycles. The van der Waals surface area contributed by atoms with E-state index in [1.807, 2.05) is 13.8 Å². The molecule has 0 bridgehead atoms. The van der Waals surface area contributed by atoms with E-state index in [1.165, 1.54) is 0 Å². The van der Waals surface area contributed by atoms with Crippen LogP contribution in [0.15, 0.2) is 18.2 Å². The van der Waals surface area contributed by atoms with Gasteiger partial charge in [0.15, 0.2) is 11.5 Å². The average Bonchev–Trinajstić information content (AvgIpc) is 2.77. The summed E-state index contributed by atoms with van der Waals surface area (Å²) in [5.74, 6) is 1.60. The molecule has 0 fully saturated rings. The Labute approximate surface area is 116 Å². The molecule has 5 nitrogen and oxygen atoms in total. The van der Waals surface area contributed by atoms with E-state index < -0.39 is 0 Å². The number of rotatable bonds is 4. The highest BCUT2D eigenvalue weighted by atomic mass is 35.5. The zero-order valence-corrected chi connectivity index (χ0v) is 11.8. The molecule has 1 aromatic heterocycles. The SMILES string of the molecule is COc1cc(Cl)cc(-c2cc(N)n[nH]2)c1OC(C)C. The second-order valence-electron chi connectivity index (χ2n) is 4.36. The lowest BCUT2D eigenvalue weighted by Crippen LogP contribution is -2.08. The summed E-state index contributed by atoms with van der Waals surface area (Å²) in [6.07, 6.45) is 0.00842. The van der Waals surface area contributed by atoms with Crippen molar-refractivity contribution < 1.29 is 9.47 Å². The van der Waals surface area contributed by atoms with Gasteiger partial charge in [-0.1, -0.05) is 11.6 Å². The fraction of sp³-hybridized carbons (Fsp3) is 0.308. The Kier molecular flexibility index (Phi) is 3.85. The normalized spacial score (nSPS) is 10.8. The van der Waals surface area contributed by atoms with Gasteiger partial charge in [-0.25, -0.2) is 0 Å². The minimum atomic E-state index is 0.00842. The number of hydrogen-bond donors (Lipinski definition) is 2. The quantitative estimate of drug-likeness (QED) is 0.903. The molecule has 3 N–H and O–H groups in total. The minimum absolute atomic E-state index is 0.00842. The summed E-state index contributed by atoms with van der Waals surface area (Å²) in [7, 11) is 1.57. The summed E-state index contributed by atoms with van der Waals surface area (Å²) in [5.41, 5.74) is 7.12. The zero-order chi connectivity index (χ0) is 14.0. The van der Waals surface area contributed by atoms with Gasteiger partial charge >= 0.3 is 0 Å². The Bertz CT molecular complexity index is 581. The predicted molar refractivity (Wildman–Crippen MR) is 75.8 cm³/mol. The highest BCUT2D eigenvalue weighted by Crippen LogP contribution is 2.41. The van der Waals surface area contributed by atoms with Crippen molar-refractivity contribution in [3.8, 4) is 22.8 Å². The van der Waals surface area contributed by atoms with E-state index in [4.69, 9.17) is 26.8 Å². The topological polar surface area (TPSA) is 73.2 Å². The van der Waals surface area contributed by atoms with Crippen molar-refractivity contribution in [1.82, 2.24) is 10.2 Å². The van der Waals surface area contributed by atoms with Crippen LogP contribution in [0.1, 0.15) is 13.8 Å². The molecule has 2 aromatic rings. The predicted octanol–water partition coefficient (Wildman–Crippen LogP) is 3.11. The van der Waals surface area contributed by atoms with Crippen molar-refractivity contribution in [2.24, 2.45) is 0 Å². The number of nitrogens with two attached hydrogens (primary N) is 1. The molecular formula is C13H16ClN3O2. The van der Waals surface area contributed by atoms with Crippen LogP contribution in [0.3, 0.4) is 0 Å². The third kappa shape index (κ3) is 2.93. The first kappa shape index (κ1) is 13.5. The molecule has 1 heterocycles. The number of nitrogen functional groups attached to an aromatic ring is 1. The van der Waals surface area contributed by atoms with Crippen LogP contribution in [-0.4, -0.2) is 23.4 Å². The van der Waals surface area contributed by atoms with Gasteiger partial charge in [0, 0.05) is 22.7 Å². The Balaban J connectivity index is 2.59. The molecular weight excluding hydrogens is 266 g/mol. The smallest absolute Gasteiger partial charge is 0.170 e. The van der Waals surface area contributed by atoms with Crippen molar-refractivity contribution in [1.29, 1.82) is 0 Å². The van der Waals surface area contributed by atoms with Crippen LogP contribution in [-0.2, 0) is 0 Å². The Hall–Kier alpha value is -1.88. The maximum Gasteiger partial charge on any atom is 0.170 e. The second-order valence-corrected chi connectivity index (χ2v) is 4.79. The van der Waals surface area contributed by atoms with Crippen LogP contribution in [0.5, 0.6) is 11.5 Å². The van der Waals surface area contributed by atoms with Crippen LogP contribution in [0.2, 0.25) is 5.02 Å². The van der Waals surface area contributed by atoms with Crippen LogP contribution in [0.4, 0.5) is 5.82 Å². The molecule has 19 heavy (non-hydrogen) atoms. The van der Waals surface area contributed by atoms with Crippen molar-refractivity contribution in [3.05, 3.63) is 23.2 Å². The third-order valence-corrected chi connectivity index (χ3v) is 2.70. The highest BCUT2D eigenvalue weighted by molar-refractivity contribution is 6.31. The molecule has 0 saturated carbocycles. The molecule has 0 aliphatic carbocycles. The first-order valence-corrected chi connectivity index (χ1v) is 6.24. The van der Waals surface area contributed by atoms with Gasteiger partial charge in [0.1, 0.15) is 5.82 Å². The van der Waals surface area contributed by atoms with Crippen LogP contribution < -0.4 is 15.2 Å². The van der Waals surface area contributed by atoms with Crippen molar-refractivity contribution >= 4 is 17.4 Å². The summed E-state index contributed by atoms with van der Waals surface area (Å²) >= 11 is 6.09. The van der Waals surface area contributed by atoms with Crippen molar-refractivity contribution in [3.63, 3.8) is 0 Å². The number of ether oxygens (including phenoxy) is 2. The lowest BCUT2D eigenvalue weighted by Gasteiger charge is -2.17. The summed E-state index contributed by atoms with van der Waals surface area (Å²) in [6.45, 7) is 3.89. The van der Waals surface area contributed by atoms with Crippen LogP contribution in [0.25, 0.3) is 11.3 Å². The largest absolute Gasteiger partial charge is 0.493 e. The minimum Gasteiger partial charge on any atom is -0.493 e. The number of benzene rings is 1. The zero-order valence-electron chi connectivity index (χ0n) is 11.0. The Morgan fingerprint density at radius 2 is 2.05 bits per heavy atom. The van der Waals surface area contributed by atoms with Crippen LogP contribution >= 0.6 is 11.6 Å². The average molecular weight is 282 g/mol. The third-order valence-electron chi connectivity index (χ3n) is 2.48. The van der Waals surface area contributed by atoms with Gasteiger partial charge in [-0.15, -0.1) is 0 Å². The summed E-state index contributed by atoms with van der Waals surface area (Å²) < 4.78 is 11.1. The number of aromatic amines is 1. The summed E-state index contributed by atoms with van der Waals surface area (Å²) in [5, 5.41) is 7.31. The van der Waals surface area contributed by atoms with Crippen molar-refractivity contribution in [2.75, 3.05) is 12.8 Å². The van der Waals surface area contributed by atoms with Crippen LogP contribution in [0, 0.1) is 0 Å². The first-order chi connectivity index (χ1) is 9.01. The number of hydrogen-bond acceptors (Lipinski definition) is 4. The highest BCUT2D eigenvalue weighted by Gasteiger charge is 2.17. The van der Waals surface area contributed by atoms with E-state index in [9.17, 15) is 0 Å². The number of H-pyrrole nitrogens is 1. The number of methoxy groups -OCH3 is 1. The first-order valence-electron chi connectivity index (χ1n) is 5.86. The monoisotopic (exact) mass is 281 g/mol. The Morgan fingerprint density at radius 3 is 2.58 bits per heavy atom. The van der Waals surface area contributed by atoms with E-state index >= 15 is 0 Å². The molecule has 1 aromatic carbocycles. The molecule has 0 aliphatic heterocycles. The number of nitrogens with zero attached hydrogens (tertiary/aromatic N) is 1. The van der Waals surface area contributed by atoms with Gasteiger partial charge < -0.3 is 15.2 Å². The number of halogens is 1. The lowest BCUT2D eigenvalue weighted by atomic mass is 10.1. The van der Waals surface area contributed by atoms with Gasteiger partial charge in [-0.2, -0.15) is 5.10 Å². The van der Waals surface area contributed by atoms with E-state index in [0.717, 1.165) is 11.3 Å². The van der Waals surface area contributed by atoms with E-state index in [-0.39, 0.29) is 6.10 Å². The standard InChI is InChI=1S/C13H16ClN3O2/c1-7(2)19-13-9(10-6-12(15)17-16-10)4-8(14)5-11(13)18-3/h4-7H,1-3H3,(H3,15,16,17). The molecule has 0 aliphatic rings. The molecule has 2 rings (SSSR count). The van der Waals surface area contributed by atoms with Gasteiger partial charge in [0.2, 0.25) is 0 Å². The molecule has 0 amide bonds. The summed E-state index contributed by atoms with van der Waals surface area (Å²) in [4.78, 5) is 0.